The van der Waals surface area contributed by atoms with Crippen LogP contribution in [0.4, 0.5) is 0 Å². The van der Waals surface area contributed by atoms with Crippen LogP contribution in [0, 0.1) is 11.8 Å². The average molecular weight is 333 g/mol. The fourth-order valence-electron chi connectivity index (χ4n) is 2.97. The highest BCUT2D eigenvalue weighted by Gasteiger charge is 2.38. The quantitative estimate of drug-likeness (QED) is 0.511. The zero-order valence-corrected chi connectivity index (χ0v) is 16.4. The first-order valence-corrected chi connectivity index (χ1v) is 11.8. The van der Waals surface area contributed by atoms with E-state index < -0.39 is 8.32 Å². The molecule has 1 aliphatic carbocycles. The Morgan fingerprint density at radius 1 is 1.09 bits per heavy atom. The maximum atomic E-state index is 12.5. The normalized spacial score (nSPS) is 22.8. The lowest BCUT2D eigenvalue weighted by Gasteiger charge is -2.38. The minimum absolute atomic E-state index is 0.210. The van der Waals surface area contributed by atoms with Crippen LogP contribution in [0.15, 0.2) is 30.3 Å². The van der Waals surface area contributed by atoms with Crippen LogP contribution < -0.4 is 0 Å². The van der Waals surface area contributed by atoms with Gasteiger partial charge in [-0.15, -0.1) is 0 Å². The number of Topliss-reactive ketones (excluding diaryl/α,β-unsaturated/α-hetero) is 1. The number of benzene rings is 1. The summed E-state index contributed by atoms with van der Waals surface area (Å²) in [4.78, 5) is 12.5. The number of hydrogen-bond acceptors (Lipinski definition) is 2. The van der Waals surface area contributed by atoms with Gasteiger partial charge in [0.25, 0.3) is 0 Å². The summed E-state index contributed by atoms with van der Waals surface area (Å²) < 4.78 is 6.37. The van der Waals surface area contributed by atoms with E-state index in [1.54, 1.807) is 0 Å². The first kappa shape index (κ1) is 18.4. The second-order valence-electron chi connectivity index (χ2n) is 8.52. The molecule has 0 amide bonds. The molecule has 0 bridgehead atoms. The monoisotopic (exact) mass is 332 g/mol. The molecule has 23 heavy (non-hydrogen) atoms. The third-order valence-corrected chi connectivity index (χ3v) is 10.3. The summed E-state index contributed by atoms with van der Waals surface area (Å²) >= 11 is 0. The van der Waals surface area contributed by atoms with Crippen molar-refractivity contribution >= 4 is 14.1 Å². The van der Waals surface area contributed by atoms with Crippen LogP contribution in [0.1, 0.15) is 56.8 Å². The van der Waals surface area contributed by atoms with Gasteiger partial charge < -0.3 is 4.43 Å². The van der Waals surface area contributed by atoms with Crippen molar-refractivity contribution in [3.8, 4) is 0 Å². The maximum absolute atomic E-state index is 12.5. The predicted octanol–water partition coefficient (Wildman–Crippen LogP) is 5.70. The Hall–Kier alpha value is -0.933. The molecule has 1 aromatic carbocycles. The molecule has 0 aromatic heterocycles. The number of rotatable bonds is 5. The third-order valence-electron chi connectivity index (χ3n) is 5.76. The van der Waals surface area contributed by atoms with Crippen LogP contribution in [0.2, 0.25) is 18.1 Å². The fraction of sp³-hybridized carbons (Fsp3) is 0.650. The van der Waals surface area contributed by atoms with E-state index in [0.717, 1.165) is 37.9 Å². The van der Waals surface area contributed by atoms with Gasteiger partial charge >= 0.3 is 0 Å². The van der Waals surface area contributed by atoms with Crippen LogP contribution in [-0.4, -0.2) is 20.7 Å². The van der Waals surface area contributed by atoms with Crippen molar-refractivity contribution in [1.29, 1.82) is 0 Å². The molecule has 3 heteroatoms. The van der Waals surface area contributed by atoms with Crippen molar-refractivity contribution in [3.05, 3.63) is 35.9 Å². The standard InChI is InChI=1S/C20H32O2Si/c1-20(2,3)23(4,5)22-15-16-11-13-18(14-12-16)19(21)17-9-7-6-8-10-17/h6-10,16,18H,11-15H2,1-5H3. The first-order chi connectivity index (χ1) is 10.7. The highest BCUT2D eigenvalue weighted by Crippen LogP contribution is 2.38. The molecule has 0 radical (unpaired) electrons. The van der Waals surface area contributed by atoms with Gasteiger partial charge in [-0.1, -0.05) is 51.1 Å². The van der Waals surface area contributed by atoms with E-state index in [1.165, 1.54) is 0 Å². The Bertz CT molecular complexity index is 508. The largest absolute Gasteiger partial charge is 0.417 e. The molecule has 2 rings (SSSR count). The minimum atomic E-state index is -1.65. The molecule has 1 aromatic rings. The molecular weight excluding hydrogens is 300 g/mol. The Morgan fingerprint density at radius 2 is 1.65 bits per heavy atom. The Kier molecular flexibility index (Phi) is 5.85. The van der Waals surface area contributed by atoms with Crippen molar-refractivity contribution in [3.63, 3.8) is 0 Å². The van der Waals surface area contributed by atoms with Gasteiger partial charge in [0.05, 0.1) is 0 Å². The summed E-state index contributed by atoms with van der Waals surface area (Å²) in [5, 5.41) is 0.271. The molecule has 1 aliphatic rings. The van der Waals surface area contributed by atoms with Crippen LogP contribution in [0.25, 0.3) is 0 Å². The average Bonchev–Trinajstić information content (AvgIpc) is 2.52. The number of carbonyl (C=O) groups is 1. The van der Waals surface area contributed by atoms with Crippen LogP contribution in [-0.2, 0) is 4.43 Å². The van der Waals surface area contributed by atoms with E-state index in [4.69, 9.17) is 4.43 Å². The SMILES string of the molecule is CC(C)(C)[Si](C)(C)OCC1CCC(C(=O)c2ccccc2)CC1. The van der Waals surface area contributed by atoms with Crippen molar-refractivity contribution in [1.82, 2.24) is 0 Å². The van der Waals surface area contributed by atoms with Gasteiger partial charge in [0, 0.05) is 18.1 Å². The molecule has 2 nitrogen and oxygen atoms in total. The maximum Gasteiger partial charge on any atom is 0.191 e. The molecule has 1 fully saturated rings. The molecule has 0 unspecified atom stereocenters. The fourth-order valence-corrected chi connectivity index (χ4v) is 4.06. The molecule has 0 heterocycles. The lowest BCUT2D eigenvalue weighted by molar-refractivity contribution is 0.0849. The predicted molar refractivity (Wildman–Crippen MR) is 99.4 cm³/mol. The topological polar surface area (TPSA) is 26.3 Å². The highest BCUT2D eigenvalue weighted by atomic mass is 28.4. The zero-order chi connectivity index (χ0) is 17.1. The van der Waals surface area contributed by atoms with Crippen molar-refractivity contribution in [2.75, 3.05) is 6.61 Å². The van der Waals surface area contributed by atoms with Crippen LogP contribution >= 0.6 is 0 Å². The summed E-state index contributed by atoms with van der Waals surface area (Å²) in [7, 11) is -1.65. The van der Waals surface area contributed by atoms with Crippen LogP contribution in [0.5, 0.6) is 0 Å². The molecule has 1 saturated carbocycles. The Labute approximate surface area is 142 Å². The van der Waals surface area contributed by atoms with Gasteiger partial charge in [-0.05, 0) is 49.7 Å². The van der Waals surface area contributed by atoms with Gasteiger partial charge in [0.2, 0.25) is 0 Å². The Balaban J connectivity index is 1.82. The van der Waals surface area contributed by atoms with Gasteiger partial charge in [-0.25, -0.2) is 0 Å². The first-order valence-electron chi connectivity index (χ1n) is 8.94. The third kappa shape index (κ3) is 4.77. The zero-order valence-electron chi connectivity index (χ0n) is 15.4. The van der Waals surface area contributed by atoms with E-state index in [9.17, 15) is 4.79 Å². The summed E-state index contributed by atoms with van der Waals surface area (Å²) in [5.74, 6) is 1.17. The minimum Gasteiger partial charge on any atom is -0.417 e. The second-order valence-corrected chi connectivity index (χ2v) is 13.3. The van der Waals surface area contributed by atoms with Gasteiger partial charge in [0.1, 0.15) is 0 Å². The highest BCUT2D eigenvalue weighted by molar-refractivity contribution is 6.74. The second kappa shape index (κ2) is 7.31. The summed E-state index contributed by atoms with van der Waals surface area (Å²) in [6.45, 7) is 12.4. The van der Waals surface area contributed by atoms with Crippen molar-refractivity contribution in [2.24, 2.45) is 11.8 Å². The summed E-state index contributed by atoms with van der Waals surface area (Å²) in [6, 6.07) is 9.74. The summed E-state index contributed by atoms with van der Waals surface area (Å²) in [5.41, 5.74) is 0.869. The van der Waals surface area contributed by atoms with Gasteiger partial charge in [-0.3, -0.25) is 4.79 Å². The number of carbonyl (C=O) groups excluding carboxylic acids is 1. The van der Waals surface area contributed by atoms with Gasteiger partial charge in [0.15, 0.2) is 14.1 Å². The molecule has 0 saturated heterocycles. The molecular formula is C20H32O2Si. The Morgan fingerprint density at radius 3 is 2.17 bits per heavy atom. The molecule has 0 spiro atoms. The van der Waals surface area contributed by atoms with Crippen LogP contribution in [0.3, 0.4) is 0 Å². The van der Waals surface area contributed by atoms with E-state index in [-0.39, 0.29) is 11.0 Å². The number of ketones is 1. The summed E-state index contributed by atoms with van der Waals surface area (Å²) in [6.07, 6.45) is 4.27. The van der Waals surface area contributed by atoms with Gasteiger partial charge in [-0.2, -0.15) is 0 Å². The van der Waals surface area contributed by atoms with E-state index in [1.807, 2.05) is 30.3 Å². The molecule has 0 aliphatic heterocycles. The van der Waals surface area contributed by atoms with Crippen molar-refractivity contribution < 1.29 is 9.22 Å². The molecule has 0 N–H and O–H groups in total. The smallest absolute Gasteiger partial charge is 0.191 e. The molecule has 0 atom stereocenters. The van der Waals surface area contributed by atoms with Crippen molar-refractivity contribution in [2.45, 2.75) is 64.6 Å². The molecule has 128 valence electrons. The van der Waals surface area contributed by atoms with E-state index in [2.05, 4.69) is 33.9 Å². The van der Waals surface area contributed by atoms with E-state index in [0.29, 0.717) is 11.7 Å². The lowest BCUT2D eigenvalue weighted by Crippen LogP contribution is -2.42. The number of hydrogen-bond donors (Lipinski definition) is 0. The lowest BCUT2D eigenvalue weighted by atomic mass is 9.79. The van der Waals surface area contributed by atoms with E-state index >= 15 is 0 Å².